The summed E-state index contributed by atoms with van der Waals surface area (Å²) < 4.78 is 33.8. The van der Waals surface area contributed by atoms with E-state index in [1.807, 2.05) is 0 Å². The summed E-state index contributed by atoms with van der Waals surface area (Å²) in [6, 6.07) is 13.7. The molecular formula is C18H12Br2ClNO4S2. The summed E-state index contributed by atoms with van der Waals surface area (Å²) in [6.45, 7) is 0. The van der Waals surface area contributed by atoms with E-state index in [4.69, 9.17) is 16.3 Å². The Bertz CT molecular complexity index is 1110. The van der Waals surface area contributed by atoms with Gasteiger partial charge in [0.15, 0.2) is 0 Å². The first-order valence-electron chi connectivity index (χ1n) is 7.69. The first-order chi connectivity index (χ1) is 13.3. The molecule has 3 aromatic rings. The molecule has 1 heterocycles. The van der Waals surface area contributed by atoms with Crippen molar-refractivity contribution in [1.82, 2.24) is 0 Å². The molecule has 0 atom stereocenters. The lowest BCUT2D eigenvalue weighted by atomic mass is 10.3. The Hall–Kier alpha value is -1.39. The largest absolute Gasteiger partial charge is 0.495 e. The second-order valence-corrected chi connectivity index (χ2v) is 10.9. The number of thiophene rings is 1. The van der Waals surface area contributed by atoms with Gasteiger partial charge in [-0.2, -0.15) is 4.31 Å². The number of halogens is 3. The zero-order chi connectivity index (χ0) is 20.5. The normalized spacial score (nSPS) is 11.3. The van der Waals surface area contributed by atoms with Gasteiger partial charge in [-0.25, -0.2) is 8.42 Å². The number of hydrogen-bond acceptors (Lipinski definition) is 5. The maximum absolute atomic E-state index is 13.3. The predicted molar refractivity (Wildman–Crippen MR) is 118 cm³/mol. The maximum Gasteiger partial charge on any atom is 0.282 e. The fourth-order valence-electron chi connectivity index (χ4n) is 2.40. The fraction of sp³-hybridized carbons (Fsp3) is 0.0556. The number of hydrogen-bond donors (Lipinski definition) is 0. The first kappa shape index (κ1) is 21.3. The van der Waals surface area contributed by atoms with Gasteiger partial charge < -0.3 is 4.74 Å². The van der Waals surface area contributed by atoms with E-state index in [-0.39, 0.29) is 20.5 Å². The molecule has 0 aliphatic carbocycles. The van der Waals surface area contributed by atoms with E-state index in [0.717, 1.165) is 15.6 Å². The summed E-state index contributed by atoms with van der Waals surface area (Å²) in [7, 11) is -2.73. The zero-order valence-corrected chi connectivity index (χ0v) is 19.8. The number of amides is 1. The van der Waals surface area contributed by atoms with Crippen LogP contribution in [0.5, 0.6) is 5.75 Å². The Labute approximate surface area is 188 Å². The summed E-state index contributed by atoms with van der Waals surface area (Å²) >= 11 is 14.0. The number of nitrogens with zero attached hydrogens (tertiary/aromatic N) is 1. The van der Waals surface area contributed by atoms with Crippen LogP contribution < -0.4 is 9.04 Å². The molecule has 0 saturated heterocycles. The molecule has 0 bridgehead atoms. The molecule has 0 aliphatic heterocycles. The smallest absolute Gasteiger partial charge is 0.282 e. The Kier molecular flexibility index (Phi) is 6.51. The zero-order valence-electron chi connectivity index (χ0n) is 14.2. The molecule has 2 aromatic carbocycles. The number of benzene rings is 2. The van der Waals surface area contributed by atoms with Crippen LogP contribution in [0.1, 0.15) is 9.67 Å². The minimum atomic E-state index is -4.18. The van der Waals surface area contributed by atoms with Gasteiger partial charge in [0.05, 0.1) is 31.4 Å². The van der Waals surface area contributed by atoms with Crippen molar-refractivity contribution in [2.24, 2.45) is 0 Å². The highest BCUT2D eigenvalue weighted by atomic mass is 79.9. The molecular weight excluding hydrogens is 554 g/mol. The fourth-order valence-corrected chi connectivity index (χ4v) is 6.09. The molecule has 1 aromatic heterocycles. The van der Waals surface area contributed by atoms with E-state index in [9.17, 15) is 13.2 Å². The molecule has 0 radical (unpaired) electrons. The first-order valence-corrected chi connectivity index (χ1v) is 11.9. The predicted octanol–water partition coefficient (Wildman–Crippen LogP) is 5.97. The molecule has 0 unspecified atom stereocenters. The highest BCUT2D eigenvalue weighted by Gasteiger charge is 2.33. The average molecular weight is 566 g/mol. The van der Waals surface area contributed by atoms with Crippen LogP contribution in [0.2, 0.25) is 5.02 Å². The van der Waals surface area contributed by atoms with E-state index in [1.54, 1.807) is 24.3 Å². The van der Waals surface area contributed by atoms with Crippen LogP contribution in [0.15, 0.2) is 67.8 Å². The second-order valence-electron chi connectivity index (χ2n) is 5.44. The molecule has 0 fully saturated rings. The van der Waals surface area contributed by atoms with Crippen molar-refractivity contribution in [3.05, 3.63) is 72.8 Å². The van der Waals surface area contributed by atoms with Gasteiger partial charge in [-0.15, -0.1) is 11.3 Å². The standard InChI is InChI=1S/C18H12Br2ClNO4S2/c1-26-15-8-7-11(9-14(15)21)22(18(23)16-10-13(19)17(20)27-16)28(24,25)12-5-3-2-4-6-12/h2-10H,1H3. The highest BCUT2D eigenvalue weighted by Crippen LogP contribution is 2.37. The number of rotatable bonds is 5. The minimum absolute atomic E-state index is 0.00928. The lowest BCUT2D eigenvalue weighted by molar-refractivity contribution is 0.101. The van der Waals surface area contributed by atoms with Gasteiger partial charge in [-0.1, -0.05) is 29.8 Å². The van der Waals surface area contributed by atoms with Crippen molar-refractivity contribution >= 4 is 76.4 Å². The number of anilines is 1. The van der Waals surface area contributed by atoms with Gasteiger partial charge in [-0.05, 0) is 68.3 Å². The lowest BCUT2D eigenvalue weighted by Crippen LogP contribution is -2.36. The van der Waals surface area contributed by atoms with Gasteiger partial charge >= 0.3 is 0 Å². The summed E-state index contributed by atoms with van der Waals surface area (Å²) in [4.78, 5) is 13.5. The van der Waals surface area contributed by atoms with Crippen molar-refractivity contribution in [3.63, 3.8) is 0 Å². The minimum Gasteiger partial charge on any atom is -0.495 e. The SMILES string of the molecule is COc1ccc(N(C(=O)c2cc(Br)c(Br)s2)S(=O)(=O)c2ccccc2)cc1Cl. The van der Waals surface area contributed by atoms with Crippen molar-refractivity contribution in [1.29, 1.82) is 0 Å². The van der Waals surface area contributed by atoms with E-state index in [0.29, 0.717) is 14.0 Å². The van der Waals surface area contributed by atoms with Crippen LogP contribution in [-0.4, -0.2) is 21.4 Å². The third-order valence-electron chi connectivity index (χ3n) is 3.69. The molecule has 0 spiro atoms. The van der Waals surface area contributed by atoms with Crippen LogP contribution in [-0.2, 0) is 10.0 Å². The monoisotopic (exact) mass is 563 g/mol. The molecule has 3 rings (SSSR count). The van der Waals surface area contributed by atoms with E-state index in [2.05, 4.69) is 31.9 Å². The Morgan fingerprint density at radius 1 is 1.11 bits per heavy atom. The van der Waals surface area contributed by atoms with E-state index in [1.165, 1.54) is 37.4 Å². The number of carbonyl (C=O) groups excluding carboxylic acids is 1. The lowest BCUT2D eigenvalue weighted by Gasteiger charge is -2.22. The van der Waals surface area contributed by atoms with Gasteiger partial charge in [-0.3, -0.25) is 4.79 Å². The molecule has 0 aliphatic rings. The average Bonchev–Trinajstić information content (AvgIpc) is 3.01. The Morgan fingerprint density at radius 2 is 1.79 bits per heavy atom. The van der Waals surface area contributed by atoms with Crippen LogP contribution in [0, 0.1) is 0 Å². The quantitative estimate of drug-likeness (QED) is 0.382. The van der Waals surface area contributed by atoms with Crippen molar-refractivity contribution < 1.29 is 17.9 Å². The number of ether oxygens (including phenoxy) is 1. The molecule has 28 heavy (non-hydrogen) atoms. The van der Waals surface area contributed by atoms with Crippen LogP contribution in [0.3, 0.4) is 0 Å². The molecule has 1 amide bonds. The maximum atomic E-state index is 13.3. The van der Waals surface area contributed by atoms with Crippen LogP contribution in [0.4, 0.5) is 5.69 Å². The molecule has 5 nitrogen and oxygen atoms in total. The van der Waals surface area contributed by atoms with Gasteiger partial charge in [0.2, 0.25) is 0 Å². The number of methoxy groups -OCH3 is 1. The Morgan fingerprint density at radius 3 is 2.32 bits per heavy atom. The van der Waals surface area contributed by atoms with Crippen LogP contribution in [0.25, 0.3) is 0 Å². The van der Waals surface area contributed by atoms with Crippen molar-refractivity contribution in [3.8, 4) is 5.75 Å². The number of carbonyl (C=O) groups is 1. The molecule has 10 heteroatoms. The van der Waals surface area contributed by atoms with Crippen molar-refractivity contribution in [2.45, 2.75) is 4.90 Å². The van der Waals surface area contributed by atoms with Gasteiger partial charge in [0.1, 0.15) is 5.75 Å². The third-order valence-corrected chi connectivity index (χ3v) is 8.96. The summed E-state index contributed by atoms with van der Waals surface area (Å²) in [5.74, 6) is -0.321. The highest BCUT2D eigenvalue weighted by molar-refractivity contribution is 9.13. The third kappa shape index (κ3) is 4.13. The van der Waals surface area contributed by atoms with Crippen LogP contribution >= 0.6 is 54.8 Å². The molecule has 146 valence electrons. The number of sulfonamides is 1. The summed E-state index contributed by atoms with van der Waals surface area (Å²) in [5, 5.41) is 0.189. The molecule has 0 saturated carbocycles. The summed E-state index contributed by atoms with van der Waals surface area (Å²) in [6.07, 6.45) is 0. The van der Waals surface area contributed by atoms with Crippen molar-refractivity contribution in [2.75, 3.05) is 11.4 Å². The summed E-state index contributed by atoms with van der Waals surface area (Å²) in [5.41, 5.74) is 0.111. The van der Waals surface area contributed by atoms with E-state index < -0.39 is 15.9 Å². The van der Waals surface area contributed by atoms with Gasteiger partial charge in [0.25, 0.3) is 15.9 Å². The molecule has 0 N–H and O–H groups in total. The van der Waals surface area contributed by atoms with E-state index >= 15 is 0 Å². The second kappa shape index (κ2) is 8.54. The van der Waals surface area contributed by atoms with Gasteiger partial charge in [0, 0.05) is 4.47 Å². The Balaban J connectivity index is 2.19. The topological polar surface area (TPSA) is 63.7 Å².